The number of Topliss-reactive ketones (excluding diaryl/α,β-unsaturated/α-hetero) is 1. The van der Waals surface area contributed by atoms with Gasteiger partial charge in [0.25, 0.3) is 0 Å². The minimum absolute atomic E-state index is 0.0270. The van der Waals surface area contributed by atoms with E-state index in [0.717, 1.165) is 5.56 Å². The lowest BCUT2D eigenvalue weighted by atomic mass is 10.1. The van der Waals surface area contributed by atoms with E-state index in [1.807, 2.05) is 0 Å². The molecule has 0 aliphatic carbocycles. The first-order valence-electron chi connectivity index (χ1n) is 8.40. The summed E-state index contributed by atoms with van der Waals surface area (Å²) in [4.78, 5) is 24.5. The Hall–Kier alpha value is -3.22. The maximum Gasteiger partial charge on any atom is 0.310 e. The van der Waals surface area contributed by atoms with E-state index in [1.165, 1.54) is 14.2 Å². The third-order valence-corrected chi connectivity index (χ3v) is 4.03. The number of esters is 1. The van der Waals surface area contributed by atoms with Crippen molar-refractivity contribution in [2.24, 2.45) is 0 Å². The van der Waals surface area contributed by atoms with E-state index in [-0.39, 0.29) is 18.8 Å². The number of carbonyl (C=O) groups excluding carboxylic acids is 2. The molecule has 0 fully saturated rings. The standard InChI is InChI=1S/C20H20O7/c1-23-14-4-6-17(24-2)15(11-14)16(21)12-27-20(22)10-13-3-5-18-19(9-13)26-8-7-25-18/h3-6,9,11H,7-8,10,12H2,1-2H3. The van der Waals surface area contributed by atoms with Crippen molar-refractivity contribution >= 4 is 11.8 Å². The molecule has 2 aromatic carbocycles. The Bertz CT molecular complexity index is 844. The molecule has 27 heavy (non-hydrogen) atoms. The van der Waals surface area contributed by atoms with Gasteiger partial charge >= 0.3 is 5.97 Å². The molecule has 142 valence electrons. The lowest BCUT2D eigenvalue weighted by Crippen LogP contribution is -2.17. The van der Waals surface area contributed by atoms with E-state index < -0.39 is 5.97 Å². The van der Waals surface area contributed by atoms with E-state index in [4.69, 9.17) is 23.7 Å². The number of rotatable bonds is 7. The fourth-order valence-corrected chi connectivity index (χ4v) is 2.67. The molecule has 1 heterocycles. The van der Waals surface area contributed by atoms with Crippen molar-refractivity contribution in [2.75, 3.05) is 34.0 Å². The third kappa shape index (κ3) is 4.49. The second kappa shape index (κ2) is 8.44. The molecule has 1 aliphatic rings. The summed E-state index contributed by atoms with van der Waals surface area (Å²) in [6.45, 7) is 0.592. The normalized spacial score (nSPS) is 12.2. The Labute approximate surface area is 156 Å². The predicted octanol–water partition coefficient (Wildman–Crippen LogP) is 2.44. The van der Waals surface area contributed by atoms with Crippen LogP contribution in [0.25, 0.3) is 0 Å². The molecule has 0 aromatic heterocycles. The van der Waals surface area contributed by atoms with Crippen molar-refractivity contribution in [2.45, 2.75) is 6.42 Å². The molecule has 0 bridgehead atoms. The highest BCUT2D eigenvalue weighted by atomic mass is 16.6. The van der Waals surface area contributed by atoms with E-state index >= 15 is 0 Å². The summed E-state index contributed by atoms with van der Waals surface area (Å²) in [6.07, 6.45) is 0.0270. The van der Waals surface area contributed by atoms with Crippen LogP contribution in [0.15, 0.2) is 36.4 Å². The fraction of sp³-hybridized carbons (Fsp3) is 0.300. The van der Waals surface area contributed by atoms with Crippen LogP contribution < -0.4 is 18.9 Å². The number of hydrogen-bond acceptors (Lipinski definition) is 7. The molecular weight excluding hydrogens is 352 g/mol. The van der Waals surface area contributed by atoms with Crippen molar-refractivity contribution in [3.8, 4) is 23.0 Å². The van der Waals surface area contributed by atoms with Crippen LogP contribution in [0.5, 0.6) is 23.0 Å². The number of methoxy groups -OCH3 is 2. The zero-order chi connectivity index (χ0) is 19.2. The predicted molar refractivity (Wildman–Crippen MR) is 96.0 cm³/mol. The quantitative estimate of drug-likeness (QED) is 0.545. The van der Waals surface area contributed by atoms with Gasteiger partial charge in [0.05, 0.1) is 26.2 Å². The number of ketones is 1. The molecule has 3 rings (SSSR count). The van der Waals surface area contributed by atoms with Gasteiger partial charge in [0.2, 0.25) is 5.78 Å². The Morgan fingerprint density at radius 2 is 1.74 bits per heavy atom. The van der Waals surface area contributed by atoms with Gasteiger partial charge < -0.3 is 23.7 Å². The molecule has 0 saturated carbocycles. The van der Waals surface area contributed by atoms with E-state index in [9.17, 15) is 9.59 Å². The van der Waals surface area contributed by atoms with Gasteiger partial charge in [-0.3, -0.25) is 9.59 Å². The van der Waals surface area contributed by atoms with Gasteiger partial charge in [0.15, 0.2) is 18.1 Å². The second-order valence-corrected chi connectivity index (χ2v) is 5.80. The molecule has 0 unspecified atom stereocenters. The lowest BCUT2D eigenvalue weighted by Gasteiger charge is -2.18. The Morgan fingerprint density at radius 1 is 0.963 bits per heavy atom. The van der Waals surface area contributed by atoms with Crippen LogP contribution in [-0.4, -0.2) is 45.8 Å². The molecule has 0 radical (unpaired) electrons. The Balaban J connectivity index is 1.60. The van der Waals surface area contributed by atoms with Gasteiger partial charge in [0, 0.05) is 0 Å². The highest BCUT2D eigenvalue weighted by Gasteiger charge is 2.17. The van der Waals surface area contributed by atoms with Crippen LogP contribution in [0.4, 0.5) is 0 Å². The molecule has 0 amide bonds. The van der Waals surface area contributed by atoms with Crippen molar-refractivity contribution < 1.29 is 33.3 Å². The van der Waals surface area contributed by atoms with Gasteiger partial charge in [-0.05, 0) is 35.9 Å². The minimum atomic E-state index is -0.512. The van der Waals surface area contributed by atoms with Gasteiger partial charge in [0.1, 0.15) is 24.7 Å². The van der Waals surface area contributed by atoms with E-state index in [2.05, 4.69) is 0 Å². The number of hydrogen-bond donors (Lipinski definition) is 0. The zero-order valence-electron chi connectivity index (χ0n) is 15.2. The molecule has 7 nitrogen and oxygen atoms in total. The summed E-state index contributed by atoms with van der Waals surface area (Å²) in [6, 6.07) is 10.1. The van der Waals surface area contributed by atoms with Gasteiger partial charge in [-0.1, -0.05) is 6.07 Å². The fourth-order valence-electron chi connectivity index (χ4n) is 2.67. The Kier molecular flexibility index (Phi) is 5.80. The van der Waals surface area contributed by atoms with Gasteiger partial charge in [-0.2, -0.15) is 0 Å². The molecule has 2 aromatic rings. The van der Waals surface area contributed by atoms with E-state index in [1.54, 1.807) is 36.4 Å². The van der Waals surface area contributed by atoms with Crippen LogP contribution >= 0.6 is 0 Å². The van der Waals surface area contributed by atoms with Crippen LogP contribution in [0, 0.1) is 0 Å². The zero-order valence-corrected chi connectivity index (χ0v) is 15.2. The summed E-state index contributed by atoms with van der Waals surface area (Å²) in [7, 11) is 2.97. The van der Waals surface area contributed by atoms with E-state index in [0.29, 0.717) is 41.8 Å². The average molecular weight is 372 g/mol. The first-order chi connectivity index (χ1) is 13.1. The number of benzene rings is 2. The SMILES string of the molecule is COc1ccc(OC)c(C(=O)COC(=O)Cc2ccc3c(c2)OCCO3)c1. The maximum absolute atomic E-state index is 12.4. The summed E-state index contributed by atoms with van der Waals surface area (Å²) in [5, 5.41) is 0. The molecule has 1 aliphatic heterocycles. The summed E-state index contributed by atoms with van der Waals surface area (Å²) in [5.74, 6) is 1.27. The average Bonchev–Trinajstić information content (AvgIpc) is 2.71. The molecule has 0 N–H and O–H groups in total. The highest BCUT2D eigenvalue weighted by Crippen LogP contribution is 2.31. The minimum Gasteiger partial charge on any atom is -0.497 e. The van der Waals surface area contributed by atoms with Crippen molar-refractivity contribution in [3.63, 3.8) is 0 Å². The highest BCUT2D eigenvalue weighted by molar-refractivity contribution is 6.00. The smallest absolute Gasteiger partial charge is 0.310 e. The Morgan fingerprint density at radius 3 is 2.48 bits per heavy atom. The summed E-state index contributed by atoms with van der Waals surface area (Å²) in [5.41, 5.74) is 1.01. The van der Waals surface area contributed by atoms with Crippen LogP contribution in [0.2, 0.25) is 0 Å². The molecule has 0 atom stereocenters. The van der Waals surface area contributed by atoms with Crippen LogP contribution in [-0.2, 0) is 16.0 Å². The third-order valence-electron chi connectivity index (χ3n) is 4.03. The first-order valence-corrected chi connectivity index (χ1v) is 8.40. The van der Waals surface area contributed by atoms with Gasteiger partial charge in [-0.25, -0.2) is 0 Å². The van der Waals surface area contributed by atoms with Crippen molar-refractivity contribution in [1.29, 1.82) is 0 Å². The monoisotopic (exact) mass is 372 g/mol. The first kappa shape index (κ1) is 18.6. The molecule has 0 spiro atoms. The van der Waals surface area contributed by atoms with Crippen LogP contribution in [0.1, 0.15) is 15.9 Å². The second-order valence-electron chi connectivity index (χ2n) is 5.80. The van der Waals surface area contributed by atoms with Crippen molar-refractivity contribution in [1.82, 2.24) is 0 Å². The van der Waals surface area contributed by atoms with Crippen molar-refractivity contribution in [3.05, 3.63) is 47.5 Å². The largest absolute Gasteiger partial charge is 0.497 e. The molecular formula is C20H20O7. The number of fused-ring (bicyclic) bond motifs is 1. The topological polar surface area (TPSA) is 80.3 Å². The number of carbonyl (C=O) groups is 2. The molecule has 7 heteroatoms. The molecule has 0 saturated heterocycles. The summed E-state index contributed by atoms with van der Waals surface area (Å²) >= 11 is 0. The maximum atomic E-state index is 12.4. The lowest BCUT2D eigenvalue weighted by molar-refractivity contribution is -0.141. The number of ether oxygens (including phenoxy) is 5. The van der Waals surface area contributed by atoms with Gasteiger partial charge in [-0.15, -0.1) is 0 Å². The van der Waals surface area contributed by atoms with Crippen LogP contribution in [0.3, 0.4) is 0 Å². The summed E-state index contributed by atoms with van der Waals surface area (Å²) < 4.78 is 26.4.